The third kappa shape index (κ3) is 4.94. The first-order chi connectivity index (χ1) is 15.1. The highest BCUT2D eigenvalue weighted by Crippen LogP contribution is 2.29. The summed E-state index contributed by atoms with van der Waals surface area (Å²) >= 11 is 0. The lowest BCUT2D eigenvalue weighted by Crippen LogP contribution is -2.31. The van der Waals surface area contributed by atoms with Gasteiger partial charge in [0, 0.05) is 6.54 Å². The minimum Gasteiger partial charge on any atom is -0.491 e. The molecule has 0 radical (unpaired) electrons. The number of sulfonamides is 1. The van der Waals surface area contributed by atoms with Crippen LogP contribution in [0, 0.1) is 6.92 Å². The smallest absolute Gasteiger partial charge is 0.335 e. The van der Waals surface area contributed by atoms with E-state index in [0.29, 0.717) is 11.3 Å². The van der Waals surface area contributed by atoms with Gasteiger partial charge in [0.1, 0.15) is 5.75 Å². The van der Waals surface area contributed by atoms with Gasteiger partial charge >= 0.3 is 5.97 Å². The van der Waals surface area contributed by atoms with Gasteiger partial charge in [-0.1, -0.05) is 30.3 Å². The molecule has 3 aromatic rings. The molecule has 1 N–H and O–H groups in total. The quantitative estimate of drug-likeness (QED) is 0.496. The van der Waals surface area contributed by atoms with Crippen molar-refractivity contribution in [3.05, 3.63) is 77.9 Å². The van der Waals surface area contributed by atoms with Crippen LogP contribution in [-0.4, -0.2) is 32.1 Å². The Hall–Kier alpha value is -3.32. The number of ether oxygens (including phenoxy) is 1. The van der Waals surface area contributed by atoms with Gasteiger partial charge in [0.05, 0.1) is 22.3 Å². The second-order valence-corrected chi connectivity index (χ2v) is 9.55. The molecule has 0 bridgehead atoms. The number of aromatic carboxylic acids is 1. The second kappa shape index (κ2) is 9.44. The zero-order valence-electron chi connectivity index (χ0n) is 18.6. The molecule has 0 aliphatic carbocycles. The van der Waals surface area contributed by atoms with Crippen molar-refractivity contribution < 1.29 is 23.1 Å². The first-order valence-corrected chi connectivity index (χ1v) is 11.8. The molecule has 0 aliphatic rings. The number of rotatable bonds is 8. The van der Waals surface area contributed by atoms with Gasteiger partial charge in [-0.15, -0.1) is 0 Å². The normalized spacial score (nSPS) is 11.4. The van der Waals surface area contributed by atoms with E-state index in [0.717, 1.165) is 16.9 Å². The Kier molecular flexibility index (Phi) is 6.89. The van der Waals surface area contributed by atoms with Crippen molar-refractivity contribution in [3.63, 3.8) is 0 Å². The molecule has 0 unspecified atom stereocenters. The molecule has 0 fully saturated rings. The lowest BCUT2D eigenvalue weighted by molar-refractivity contribution is 0.0696. The predicted octanol–water partition coefficient (Wildman–Crippen LogP) is 5.36. The maximum atomic E-state index is 13.2. The van der Waals surface area contributed by atoms with E-state index < -0.39 is 16.0 Å². The van der Waals surface area contributed by atoms with Crippen LogP contribution in [0.2, 0.25) is 0 Å². The predicted molar refractivity (Wildman–Crippen MR) is 126 cm³/mol. The molecule has 0 atom stereocenters. The summed E-state index contributed by atoms with van der Waals surface area (Å²) in [5, 5.41) is 9.35. The van der Waals surface area contributed by atoms with E-state index >= 15 is 0 Å². The summed E-state index contributed by atoms with van der Waals surface area (Å²) in [6.45, 7) is 7.53. The van der Waals surface area contributed by atoms with Crippen LogP contribution in [0.15, 0.2) is 71.6 Å². The van der Waals surface area contributed by atoms with Crippen molar-refractivity contribution in [1.29, 1.82) is 0 Å². The minimum absolute atomic E-state index is 0.0256. The van der Waals surface area contributed by atoms with Crippen molar-refractivity contribution in [1.82, 2.24) is 0 Å². The number of benzene rings is 3. The average Bonchev–Trinajstić information content (AvgIpc) is 2.75. The molecule has 0 saturated heterocycles. The van der Waals surface area contributed by atoms with Crippen LogP contribution in [0.1, 0.15) is 36.7 Å². The zero-order chi connectivity index (χ0) is 23.5. The summed E-state index contributed by atoms with van der Waals surface area (Å²) in [4.78, 5) is 11.4. The summed E-state index contributed by atoms with van der Waals surface area (Å²) in [6, 6.07) is 19.1. The van der Waals surface area contributed by atoms with Crippen LogP contribution in [0.3, 0.4) is 0 Å². The molecule has 0 spiro atoms. The average molecular weight is 454 g/mol. The van der Waals surface area contributed by atoms with E-state index in [1.807, 2.05) is 50.2 Å². The second-order valence-electron chi connectivity index (χ2n) is 7.69. The molecule has 0 saturated carbocycles. The van der Waals surface area contributed by atoms with E-state index in [2.05, 4.69) is 0 Å². The highest BCUT2D eigenvalue weighted by Gasteiger charge is 2.25. The maximum Gasteiger partial charge on any atom is 0.335 e. The highest BCUT2D eigenvalue weighted by atomic mass is 32.2. The van der Waals surface area contributed by atoms with Crippen molar-refractivity contribution in [2.75, 3.05) is 10.8 Å². The number of hydrogen-bond acceptors (Lipinski definition) is 4. The maximum absolute atomic E-state index is 13.2. The van der Waals surface area contributed by atoms with Gasteiger partial charge in [-0.25, -0.2) is 13.2 Å². The third-order valence-corrected chi connectivity index (χ3v) is 6.93. The van der Waals surface area contributed by atoms with E-state index in [-0.39, 0.29) is 23.1 Å². The number of carboxylic acids is 1. The standard InChI is InChI=1S/C25H27NO5S/c1-5-26(32(29,30)23-15-6-18(4)24(16-23)25(27)28)21-11-7-19(8-12-21)20-9-13-22(14-10-20)31-17(2)3/h6-17H,5H2,1-4H3,(H,27,28). The van der Waals surface area contributed by atoms with Gasteiger partial charge in [-0.3, -0.25) is 4.31 Å². The van der Waals surface area contributed by atoms with E-state index in [4.69, 9.17) is 4.74 Å². The van der Waals surface area contributed by atoms with Gasteiger partial charge in [-0.05, 0) is 80.8 Å². The Labute approximate surface area is 189 Å². The van der Waals surface area contributed by atoms with E-state index in [1.54, 1.807) is 26.0 Å². The van der Waals surface area contributed by atoms with Crippen molar-refractivity contribution in [2.45, 2.75) is 38.7 Å². The topological polar surface area (TPSA) is 83.9 Å². The summed E-state index contributed by atoms with van der Waals surface area (Å²) in [7, 11) is -3.92. The van der Waals surface area contributed by atoms with Crippen LogP contribution in [0.5, 0.6) is 5.75 Å². The summed E-state index contributed by atoms with van der Waals surface area (Å²) in [6.07, 6.45) is 0.0993. The third-order valence-electron chi connectivity index (χ3n) is 5.03. The Balaban J connectivity index is 1.89. The van der Waals surface area contributed by atoms with Crippen LogP contribution >= 0.6 is 0 Å². The van der Waals surface area contributed by atoms with Gasteiger partial charge in [0.25, 0.3) is 10.0 Å². The lowest BCUT2D eigenvalue weighted by Gasteiger charge is -2.23. The largest absolute Gasteiger partial charge is 0.491 e. The number of carboxylic acid groups (broad SMARTS) is 1. The fourth-order valence-corrected chi connectivity index (χ4v) is 4.93. The van der Waals surface area contributed by atoms with Crippen molar-refractivity contribution in [2.24, 2.45) is 0 Å². The molecule has 168 valence electrons. The zero-order valence-corrected chi connectivity index (χ0v) is 19.4. The number of aryl methyl sites for hydroxylation is 1. The molecule has 0 aliphatic heterocycles. The minimum atomic E-state index is -3.92. The molecule has 7 heteroatoms. The molecular formula is C25H27NO5S. The molecular weight excluding hydrogens is 426 g/mol. The van der Waals surface area contributed by atoms with Crippen LogP contribution < -0.4 is 9.04 Å². The lowest BCUT2D eigenvalue weighted by atomic mass is 10.1. The van der Waals surface area contributed by atoms with Crippen molar-refractivity contribution in [3.8, 4) is 16.9 Å². The van der Waals surface area contributed by atoms with Crippen LogP contribution in [0.25, 0.3) is 11.1 Å². The summed E-state index contributed by atoms with van der Waals surface area (Å²) in [5.41, 5.74) is 2.93. The van der Waals surface area contributed by atoms with E-state index in [1.165, 1.54) is 22.5 Å². The Morgan fingerprint density at radius 2 is 1.53 bits per heavy atom. The first-order valence-electron chi connectivity index (χ1n) is 10.4. The monoisotopic (exact) mass is 453 g/mol. The molecule has 0 heterocycles. The SMILES string of the molecule is CCN(c1ccc(-c2ccc(OC(C)C)cc2)cc1)S(=O)(=O)c1ccc(C)c(C(=O)O)c1. The van der Waals surface area contributed by atoms with Gasteiger partial charge in [-0.2, -0.15) is 0 Å². The fourth-order valence-electron chi connectivity index (χ4n) is 3.43. The fraction of sp³-hybridized carbons (Fsp3) is 0.240. The molecule has 3 aromatic carbocycles. The van der Waals surface area contributed by atoms with Crippen LogP contribution in [0.4, 0.5) is 5.69 Å². The summed E-state index contributed by atoms with van der Waals surface area (Å²) < 4.78 is 33.4. The molecule has 0 aromatic heterocycles. The Morgan fingerprint density at radius 3 is 2.03 bits per heavy atom. The van der Waals surface area contributed by atoms with Crippen LogP contribution in [-0.2, 0) is 10.0 Å². The molecule has 32 heavy (non-hydrogen) atoms. The molecule has 3 rings (SSSR count). The first kappa shape index (κ1) is 23.3. The van der Waals surface area contributed by atoms with Gasteiger partial charge in [0.2, 0.25) is 0 Å². The van der Waals surface area contributed by atoms with Gasteiger partial charge < -0.3 is 9.84 Å². The Bertz CT molecular complexity index is 1200. The van der Waals surface area contributed by atoms with Gasteiger partial charge in [0.15, 0.2) is 0 Å². The molecule has 6 nitrogen and oxygen atoms in total. The number of carbonyl (C=O) groups is 1. The molecule has 0 amide bonds. The summed E-state index contributed by atoms with van der Waals surface area (Å²) in [5.74, 6) is -0.362. The Morgan fingerprint density at radius 1 is 0.969 bits per heavy atom. The number of hydrogen-bond donors (Lipinski definition) is 1. The highest BCUT2D eigenvalue weighted by molar-refractivity contribution is 7.92. The van der Waals surface area contributed by atoms with E-state index in [9.17, 15) is 18.3 Å². The number of anilines is 1. The number of nitrogens with zero attached hydrogens (tertiary/aromatic N) is 1. The van der Waals surface area contributed by atoms with Crippen molar-refractivity contribution >= 4 is 21.7 Å².